The number of nitrogens with zero attached hydrogens (tertiary/aromatic N) is 2. The molecule has 148 valence electrons. The molecule has 1 aromatic carbocycles. The molecule has 1 aliphatic rings. The molecule has 4 nitrogen and oxygen atoms in total. The van der Waals surface area contributed by atoms with Crippen molar-refractivity contribution in [2.24, 2.45) is 4.99 Å². The molecule has 0 amide bonds. The van der Waals surface area contributed by atoms with E-state index in [0.717, 1.165) is 62.7 Å². The molecule has 1 aromatic rings. The zero-order valence-corrected chi connectivity index (χ0v) is 17.3. The van der Waals surface area contributed by atoms with Gasteiger partial charge in [-0.1, -0.05) is 31.2 Å². The van der Waals surface area contributed by atoms with Crippen LogP contribution in [-0.2, 0) is 4.74 Å². The van der Waals surface area contributed by atoms with Crippen LogP contribution in [0.1, 0.15) is 37.8 Å². The van der Waals surface area contributed by atoms with Crippen molar-refractivity contribution in [2.45, 2.75) is 33.6 Å². The molecule has 0 aromatic heterocycles. The van der Waals surface area contributed by atoms with Crippen molar-refractivity contribution in [3.05, 3.63) is 53.1 Å². The highest BCUT2D eigenvalue weighted by Crippen LogP contribution is 2.22. The lowest BCUT2D eigenvalue weighted by atomic mass is 9.95. The molecule has 0 unspecified atom stereocenters. The summed E-state index contributed by atoms with van der Waals surface area (Å²) < 4.78 is 11.4. The van der Waals surface area contributed by atoms with Crippen LogP contribution >= 0.6 is 0 Å². The van der Waals surface area contributed by atoms with E-state index in [0.29, 0.717) is 6.61 Å². The van der Waals surface area contributed by atoms with Crippen LogP contribution < -0.4 is 4.74 Å². The van der Waals surface area contributed by atoms with Gasteiger partial charge in [-0.3, -0.25) is 9.89 Å². The first-order chi connectivity index (χ1) is 13.2. The maximum absolute atomic E-state index is 6.04. The summed E-state index contributed by atoms with van der Waals surface area (Å²) in [6.45, 7) is 11.6. The largest absolute Gasteiger partial charge is 0.492 e. The fourth-order valence-corrected chi connectivity index (χ4v) is 3.26. The minimum Gasteiger partial charge on any atom is -0.492 e. The van der Waals surface area contributed by atoms with E-state index in [1.807, 2.05) is 7.05 Å². The Labute approximate surface area is 164 Å². The van der Waals surface area contributed by atoms with Crippen LogP contribution in [0.25, 0.3) is 0 Å². The number of morpholine rings is 1. The lowest BCUT2D eigenvalue weighted by molar-refractivity contribution is 0.0322. The van der Waals surface area contributed by atoms with Crippen LogP contribution in [-0.4, -0.2) is 57.1 Å². The monoisotopic (exact) mass is 370 g/mol. The molecule has 27 heavy (non-hydrogen) atoms. The Morgan fingerprint density at radius 3 is 2.74 bits per heavy atom. The van der Waals surface area contributed by atoms with Crippen LogP contribution in [0.5, 0.6) is 5.75 Å². The predicted octanol–water partition coefficient (Wildman–Crippen LogP) is 4.43. The lowest BCUT2D eigenvalue weighted by Crippen LogP contribution is -2.38. The van der Waals surface area contributed by atoms with Crippen LogP contribution in [0, 0.1) is 6.92 Å². The maximum Gasteiger partial charge on any atom is 0.120 e. The van der Waals surface area contributed by atoms with Gasteiger partial charge in [-0.05, 0) is 50.0 Å². The zero-order chi connectivity index (χ0) is 19.5. The molecule has 0 radical (unpaired) electrons. The Balaban J connectivity index is 2.08. The van der Waals surface area contributed by atoms with Gasteiger partial charge >= 0.3 is 0 Å². The first kappa shape index (κ1) is 21.4. The number of hydrogen-bond donors (Lipinski definition) is 0. The molecule has 4 heteroatoms. The summed E-state index contributed by atoms with van der Waals surface area (Å²) in [5.41, 5.74) is 4.73. The molecule has 0 aliphatic carbocycles. The van der Waals surface area contributed by atoms with E-state index in [2.05, 4.69) is 67.1 Å². The molecule has 0 saturated carbocycles. The van der Waals surface area contributed by atoms with Crippen molar-refractivity contribution in [1.82, 2.24) is 4.90 Å². The summed E-state index contributed by atoms with van der Waals surface area (Å²) in [4.78, 5) is 7.00. The van der Waals surface area contributed by atoms with Gasteiger partial charge in [-0.25, -0.2) is 0 Å². The molecule has 0 spiro atoms. The van der Waals surface area contributed by atoms with Gasteiger partial charge in [0.2, 0.25) is 0 Å². The van der Waals surface area contributed by atoms with E-state index >= 15 is 0 Å². The van der Waals surface area contributed by atoms with E-state index in [-0.39, 0.29) is 0 Å². The third kappa shape index (κ3) is 6.64. The van der Waals surface area contributed by atoms with Crippen LogP contribution in [0.2, 0.25) is 0 Å². The molecule has 0 bridgehead atoms. The minimum atomic E-state index is 0.693. The van der Waals surface area contributed by atoms with E-state index < -0.39 is 0 Å². The van der Waals surface area contributed by atoms with Crippen molar-refractivity contribution < 1.29 is 9.47 Å². The van der Waals surface area contributed by atoms with E-state index in [1.165, 1.54) is 11.1 Å². The number of allylic oxidation sites excluding steroid dienone is 4. The summed E-state index contributed by atoms with van der Waals surface area (Å²) in [5, 5.41) is 0. The van der Waals surface area contributed by atoms with E-state index in [9.17, 15) is 0 Å². The standard InChI is InChI=1S/C23H34N2O2/c1-5-7-8-9-20(6-2)23(24-4)22-18-21(11-10-19(22)3)27-17-14-25-12-15-26-16-13-25/h5,7,9-11,18H,6,8,12-17H2,1-4H3/b7-5-,20-9+,24-23?. The third-order valence-corrected chi connectivity index (χ3v) is 4.89. The van der Waals surface area contributed by atoms with E-state index in [4.69, 9.17) is 9.47 Å². The molecule has 1 saturated heterocycles. The van der Waals surface area contributed by atoms with Crippen molar-refractivity contribution in [3.63, 3.8) is 0 Å². The highest BCUT2D eigenvalue weighted by molar-refractivity contribution is 6.13. The fraction of sp³-hybridized carbons (Fsp3) is 0.522. The number of aryl methyl sites for hydroxylation is 1. The van der Waals surface area contributed by atoms with Gasteiger partial charge in [0.25, 0.3) is 0 Å². The Kier molecular flexibility index (Phi) is 9.29. The number of hydrogen-bond acceptors (Lipinski definition) is 4. The molecular formula is C23H34N2O2. The maximum atomic E-state index is 6.04. The predicted molar refractivity (Wildman–Crippen MR) is 114 cm³/mol. The van der Waals surface area contributed by atoms with Crippen molar-refractivity contribution in [2.75, 3.05) is 46.5 Å². The second-order valence-electron chi connectivity index (χ2n) is 6.74. The molecule has 1 aliphatic heterocycles. The lowest BCUT2D eigenvalue weighted by Gasteiger charge is -2.26. The molecular weight excluding hydrogens is 336 g/mol. The molecule has 1 fully saturated rings. The van der Waals surface area contributed by atoms with Crippen LogP contribution in [0.4, 0.5) is 0 Å². The van der Waals surface area contributed by atoms with Crippen LogP contribution in [0.3, 0.4) is 0 Å². The number of ether oxygens (including phenoxy) is 2. The molecule has 0 atom stereocenters. The highest BCUT2D eigenvalue weighted by Gasteiger charge is 2.13. The smallest absolute Gasteiger partial charge is 0.120 e. The number of aliphatic imine (C=N–C) groups is 1. The summed E-state index contributed by atoms with van der Waals surface area (Å²) in [6, 6.07) is 6.32. The fourth-order valence-electron chi connectivity index (χ4n) is 3.26. The van der Waals surface area contributed by atoms with Gasteiger partial charge in [-0.15, -0.1) is 0 Å². The number of rotatable bonds is 9. The molecule has 2 rings (SSSR count). The van der Waals surface area contributed by atoms with E-state index in [1.54, 1.807) is 0 Å². The summed E-state index contributed by atoms with van der Waals surface area (Å²) in [5.74, 6) is 0.911. The Morgan fingerprint density at radius 1 is 1.30 bits per heavy atom. The van der Waals surface area contributed by atoms with Gasteiger partial charge in [0.05, 0.1) is 18.9 Å². The Bertz CT molecular complexity index is 671. The van der Waals surface area contributed by atoms with Gasteiger partial charge < -0.3 is 9.47 Å². The van der Waals surface area contributed by atoms with Crippen LogP contribution in [0.15, 0.2) is 47.0 Å². The van der Waals surface area contributed by atoms with Gasteiger partial charge in [0.15, 0.2) is 0 Å². The summed E-state index contributed by atoms with van der Waals surface area (Å²) in [6.07, 6.45) is 8.43. The third-order valence-electron chi connectivity index (χ3n) is 4.89. The second-order valence-corrected chi connectivity index (χ2v) is 6.74. The Hall–Kier alpha value is -1.91. The molecule has 0 N–H and O–H groups in total. The van der Waals surface area contributed by atoms with Gasteiger partial charge in [-0.2, -0.15) is 0 Å². The quantitative estimate of drug-likeness (QED) is 0.476. The second kappa shape index (κ2) is 11.7. The summed E-state index contributed by atoms with van der Waals surface area (Å²) in [7, 11) is 1.87. The topological polar surface area (TPSA) is 34.1 Å². The average Bonchev–Trinajstić information content (AvgIpc) is 2.70. The Morgan fingerprint density at radius 2 is 2.07 bits per heavy atom. The highest BCUT2D eigenvalue weighted by atomic mass is 16.5. The summed E-state index contributed by atoms with van der Waals surface area (Å²) >= 11 is 0. The van der Waals surface area contributed by atoms with Crippen molar-refractivity contribution >= 4 is 5.71 Å². The first-order valence-corrected chi connectivity index (χ1v) is 10.0. The van der Waals surface area contributed by atoms with Gasteiger partial charge in [0.1, 0.15) is 12.4 Å². The van der Waals surface area contributed by atoms with Crippen molar-refractivity contribution in [3.8, 4) is 5.75 Å². The first-order valence-electron chi connectivity index (χ1n) is 10.0. The number of benzene rings is 1. The normalized spacial score (nSPS) is 16.9. The molecule has 1 heterocycles. The minimum absolute atomic E-state index is 0.693. The SMILES string of the molecule is C/C=C\C/C=C(\CC)C(=NC)c1cc(OCCN2CCOCC2)ccc1C. The van der Waals surface area contributed by atoms with Gasteiger partial charge in [0, 0.05) is 32.2 Å². The average molecular weight is 371 g/mol. The van der Waals surface area contributed by atoms with Crippen molar-refractivity contribution in [1.29, 1.82) is 0 Å². The zero-order valence-electron chi connectivity index (χ0n) is 17.3.